The predicted molar refractivity (Wildman–Crippen MR) is 104 cm³/mol. The van der Waals surface area contributed by atoms with Gasteiger partial charge in [-0.3, -0.25) is 4.79 Å². The standard InChI is InChI=1S/C21H20N4O/c1-2-13-22-21(26)18-14-19(23-15-16-9-5-3-6-10-16)25-20(24-18)17-11-7-4-8-12-17/h2-12,14H,1,13,15H2,(H,22,26)(H,23,24,25). The molecule has 0 aliphatic heterocycles. The first-order chi connectivity index (χ1) is 12.8. The Kier molecular flexibility index (Phi) is 5.72. The summed E-state index contributed by atoms with van der Waals surface area (Å²) in [6.45, 7) is 4.61. The smallest absolute Gasteiger partial charge is 0.270 e. The van der Waals surface area contributed by atoms with Crippen molar-refractivity contribution >= 4 is 11.7 Å². The minimum absolute atomic E-state index is 0.257. The number of aromatic nitrogens is 2. The average molecular weight is 344 g/mol. The van der Waals surface area contributed by atoms with Gasteiger partial charge in [0, 0.05) is 24.7 Å². The minimum atomic E-state index is -0.257. The molecule has 1 aromatic heterocycles. The summed E-state index contributed by atoms with van der Waals surface area (Å²) < 4.78 is 0. The van der Waals surface area contributed by atoms with E-state index in [1.165, 1.54) is 0 Å². The third-order valence-electron chi connectivity index (χ3n) is 3.71. The van der Waals surface area contributed by atoms with Gasteiger partial charge in [0.05, 0.1) is 0 Å². The van der Waals surface area contributed by atoms with Gasteiger partial charge in [0.2, 0.25) is 0 Å². The highest BCUT2D eigenvalue weighted by molar-refractivity contribution is 5.93. The van der Waals surface area contributed by atoms with Crippen LogP contribution in [-0.4, -0.2) is 22.4 Å². The quantitative estimate of drug-likeness (QED) is 0.642. The number of benzene rings is 2. The zero-order valence-corrected chi connectivity index (χ0v) is 14.4. The van der Waals surface area contributed by atoms with Crippen LogP contribution in [0.3, 0.4) is 0 Å². The molecule has 0 saturated carbocycles. The lowest BCUT2D eigenvalue weighted by Crippen LogP contribution is -2.24. The lowest BCUT2D eigenvalue weighted by atomic mass is 10.2. The van der Waals surface area contributed by atoms with E-state index in [1.54, 1.807) is 12.1 Å². The molecule has 0 saturated heterocycles. The molecule has 1 heterocycles. The Morgan fingerprint density at radius 2 is 1.69 bits per heavy atom. The molecular weight excluding hydrogens is 324 g/mol. The van der Waals surface area contributed by atoms with Crippen molar-refractivity contribution in [3.8, 4) is 11.4 Å². The van der Waals surface area contributed by atoms with Gasteiger partial charge in [-0.15, -0.1) is 6.58 Å². The Hall–Kier alpha value is -3.47. The first-order valence-corrected chi connectivity index (χ1v) is 8.37. The molecule has 2 aromatic carbocycles. The van der Waals surface area contributed by atoms with Gasteiger partial charge < -0.3 is 10.6 Å². The van der Waals surface area contributed by atoms with E-state index in [0.29, 0.717) is 30.4 Å². The normalized spacial score (nSPS) is 10.2. The number of nitrogens with zero attached hydrogens (tertiary/aromatic N) is 2. The number of hydrogen-bond acceptors (Lipinski definition) is 4. The summed E-state index contributed by atoms with van der Waals surface area (Å²) in [5.41, 5.74) is 2.30. The molecule has 26 heavy (non-hydrogen) atoms. The number of carbonyl (C=O) groups excluding carboxylic acids is 1. The van der Waals surface area contributed by atoms with Gasteiger partial charge in [-0.25, -0.2) is 9.97 Å². The van der Waals surface area contributed by atoms with Gasteiger partial charge in [-0.1, -0.05) is 66.7 Å². The molecule has 0 unspecified atom stereocenters. The monoisotopic (exact) mass is 344 g/mol. The summed E-state index contributed by atoms with van der Waals surface area (Å²) in [5.74, 6) is 0.853. The van der Waals surface area contributed by atoms with Crippen LogP contribution in [0.4, 0.5) is 5.82 Å². The van der Waals surface area contributed by atoms with Crippen LogP contribution in [0.25, 0.3) is 11.4 Å². The molecular formula is C21H20N4O. The molecule has 0 spiro atoms. The number of amides is 1. The van der Waals surface area contributed by atoms with E-state index in [1.807, 2.05) is 60.7 Å². The highest BCUT2D eigenvalue weighted by Crippen LogP contribution is 2.18. The molecule has 3 aromatic rings. The van der Waals surface area contributed by atoms with Crippen molar-refractivity contribution < 1.29 is 4.79 Å². The summed E-state index contributed by atoms with van der Waals surface area (Å²) in [6, 6.07) is 21.3. The average Bonchev–Trinajstić information content (AvgIpc) is 2.71. The third kappa shape index (κ3) is 4.54. The Morgan fingerprint density at radius 1 is 1.00 bits per heavy atom. The summed E-state index contributed by atoms with van der Waals surface area (Å²) in [4.78, 5) is 21.3. The van der Waals surface area contributed by atoms with Crippen molar-refractivity contribution in [2.75, 3.05) is 11.9 Å². The summed E-state index contributed by atoms with van der Waals surface area (Å²) in [6.07, 6.45) is 1.63. The van der Waals surface area contributed by atoms with Gasteiger partial charge in [-0.2, -0.15) is 0 Å². The fraction of sp³-hybridized carbons (Fsp3) is 0.0952. The van der Waals surface area contributed by atoms with Crippen LogP contribution in [0.1, 0.15) is 16.1 Å². The van der Waals surface area contributed by atoms with E-state index in [2.05, 4.69) is 27.2 Å². The molecule has 0 aliphatic carbocycles. The molecule has 5 nitrogen and oxygen atoms in total. The zero-order chi connectivity index (χ0) is 18.2. The largest absolute Gasteiger partial charge is 0.366 e. The fourth-order valence-corrected chi connectivity index (χ4v) is 2.41. The van der Waals surface area contributed by atoms with E-state index in [-0.39, 0.29) is 5.91 Å². The van der Waals surface area contributed by atoms with Crippen molar-refractivity contribution in [1.29, 1.82) is 0 Å². The van der Waals surface area contributed by atoms with E-state index < -0.39 is 0 Å². The van der Waals surface area contributed by atoms with E-state index >= 15 is 0 Å². The maximum Gasteiger partial charge on any atom is 0.270 e. The highest BCUT2D eigenvalue weighted by Gasteiger charge is 2.12. The van der Waals surface area contributed by atoms with Crippen LogP contribution in [0.5, 0.6) is 0 Å². The van der Waals surface area contributed by atoms with Crippen LogP contribution in [0.15, 0.2) is 79.4 Å². The molecule has 0 atom stereocenters. The summed E-state index contributed by atoms with van der Waals surface area (Å²) in [7, 11) is 0. The van der Waals surface area contributed by atoms with Crippen molar-refractivity contribution in [2.24, 2.45) is 0 Å². The van der Waals surface area contributed by atoms with Crippen molar-refractivity contribution in [1.82, 2.24) is 15.3 Å². The van der Waals surface area contributed by atoms with Gasteiger partial charge in [-0.05, 0) is 5.56 Å². The lowest BCUT2D eigenvalue weighted by Gasteiger charge is -2.10. The lowest BCUT2D eigenvalue weighted by molar-refractivity contribution is 0.0953. The second kappa shape index (κ2) is 8.58. The third-order valence-corrected chi connectivity index (χ3v) is 3.71. The van der Waals surface area contributed by atoms with Crippen LogP contribution in [-0.2, 0) is 6.54 Å². The van der Waals surface area contributed by atoms with Gasteiger partial charge in [0.15, 0.2) is 5.82 Å². The number of carbonyl (C=O) groups is 1. The predicted octanol–water partition coefficient (Wildman–Crippen LogP) is 3.67. The maximum absolute atomic E-state index is 12.3. The van der Waals surface area contributed by atoms with Crippen molar-refractivity contribution in [2.45, 2.75) is 6.54 Å². The van der Waals surface area contributed by atoms with Crippen LogP contribution >= 0.6 is 0 Å². The molecule has 130 valence electrons. The molecule has 0 radical (unpaired) electrons. The van der Waals surface area contributed by atoms with Crippen LogP contribution in [0, 0.1) is 0 Å². The molecule has 2 N–H and O–H groups in total. The molecule has 3 rings (SSSR count). The van der Waals surface area contributed by atoms with Crippen molar-refractivity contribution in [3.63, 3.8) is 0 Å². The molecule has 0 bridgehead atoms. The second-order valence-electron chi connectivity index (χ2n) is 5.67. The molecule has 0 aliphatic rings. The number of nitrogens with one attached hydrogen (secondary N) is 2. The van der Waals surface area contributed by atoms with Gasteiger partial charge >= 0.3 is 0 Å². The highest BCUT2D eigenvalue weighted by atomic mass is 16.1. The van der Waals surface area contributed by atoms with Crippen molar-refractivity contribution in [3.05, 3.63) is 90.6 Å². The Labute approximate surface area is 152 Å². The molecule has 5 heteroatoms. The van der Waals surface area contributed by atoms with E-state index in [4.69, 9.17) is 0 Å². The Bertz CT molecular complexity index is 879. The van der Waals surface area contributed by atoms with Crippen LogP contribution < -0.4 is 10.6 Å². The van der Waals surface area contributed by atoms with E-state index in [9.17, 15) is 4.79 Å². The first-order valence-electron chi connectivity index (χ1n) is 8.37. The second-order valence-corrected chi connectivity index (χ2v) is 5.67. The topological polar surface area (TPSA) is 66.9 Å². The molecule has 1 amide bonds. The zero-order valence-electron chi connectivity index (χ0n) is 14.4. The van der Waals surface area contributed by atoms with Gasteiger partial charge in [0.25, 0.3) is 5.91 Å². The SMILES string of the molecule is C=CCNC(=O)c1cc(NCc2ccccc2)nc(-c2ccccc2)n1. The number of hydrogen-bond donors (Lipinski definition) is 2. The first kappa shape index (κ1) is 17.4. The summed E-state index contributed by atoms with van der Waals surface area (Å²) >= 11 is 0. The van der Waals surface area contributed by atoms with E-state index in [0.717, 1.165) is 11.1 Å². The maximum atomic E-state index is 12.3. The number of rotatable bonds is 7. The van der Waals surface area contributed by atoms with Crippen LogP contribution in [0.2, 0.25) is 0 Å². The minimum Gasteiger partial charge on any atom is -0.366 e. The summed E-state index contributed by atoms with van der Waals surface area (Å²) in [5, 5.41) is 6.02. The molecule has 0 fully saturated rings. The van der Waals surface area contributed by atoms with Gasteiger partial charge in [0.1, 0.15) is 11.5 Å². The fourth-order valence-electron chi connectivity index (χ4n) is 2.41. The number of anilines is 1. The Morgan fingerprint density at radius 3 is 2.38 bits per heavy atom. The Balaban J connectivity index is 1.89.